The van der Waals surface area contributed by atoms with Crippen LogP contribution in [0.1, 0.15) is 19.5 Å². The molecular formula is C9H15N3. The molecule has 0 fully saturated rings. The Morgan fingerprint density at radius 1 is 1.42 bits per heavy atom. The highest BCUT2D eigenvalue weighted by molar-refractivity contribution is 5.51. The molecular weight excluding hydrogens is 150 g/mol. The lowest BCUT2D eigenvalue weighted by Gasteiger charge is -2.10. The zero-order chi connectivity index (χ0) is 9.14. The number of aromatic nitrogens is 1. The maximum absolute atomic E-state index is 5.58. The zero-order valence-corrected chi connectivity index (χ0v) is 7.76. The molecule has 0 amide bonds. The lowest BCUT2D eigenvalue weighted by molar-refractivity contribution is 0.898. The molecule has 0 saturated heterocycles. The van der Waals surface area contributed by atoms with E-state index in [9.17, 15) is 0 Å². The number of nitrogens with two attached hydrogens (primary N) is 1. The van der Waals surface area contributed by atoms with E-state index in [0.29, 0.717) is 11.9 Å². The van der Waals surface area contributed by atoms with Crippen LogP contribution < -0.4 is 11.1 Å². The summed E-state index contributed by atoms with van der Waals surface area (Å²) in [6, 6.07) is 4.25. The average Bonchev–Trinajstić information content (AvgIpc) is 1.81. The van der Waals surface area contributed by atoms with Gasteiger partial charge in [-0.15, -0.1) is 0 Å². The molecule has 0 unspecified atom stereocenters. The second-order valence-corrected chi connectivity index (χ2v) is 3.22. The van der Waals surface area contributed by atoms with Crippen LogP contribution in [0.4, 0.5) is 11.5 Å². The fourth-order valence-corrected chi connectivity index (χ4v) is 1.11. The third-order valence-corrected chi connectivity index (χ3v) is 1.43. The minimum atomic E-state index is 0.422. The van der Waals surface area contributed by atoms with Crippen LogP contribution in [0.2, 0.25) is 0 Å². The van der Waals surface area contributed by atoms with E-state index in [1.54, 1.807) is 0 Å². The summed E-state index contributed by atoms with van der Waals surface area (Å²) >= 11 is 0. The molecule has 3 N–H and O–H groups in total. The van der Waals surface area contributed by atoms with Gasteiger partial charge in [0.25, 0.3) is 0 Å². The van der Waals surface area contributed by atoms with E-state index in [4.69, 9.17) is 5.73 Å². The van der Waals surface area contributed by atoms with Crippen LogP contribution in [0, 0.1) is 6.92 Å². The largest absolute Gasteiger partial charge is 0.384 e. The van der Waals surface area contributed by atoms with Crippen LogP contribution in [0.3, 0.4) is 0 Å². The summed E-state index contributed by atoms with van der Waals surface area (Å²) in [7, 11) is 0. The number of nitrogens with zero attached hydrogens (tertiary/aromatic N) is 1. The monoisotopic (exact) mass is 165 g/mol. The molecule has 0 aliphatic rings. The van der Waals surface area contributed by atoms with E-state index in [1.807, 2.05) is 19.1 Å². The highest BCUT2D eigenvalue weighted by atomic mass is 14.9. The maximum atomic E-state index is 5.58. The SMILES string of the molecule is Cc1cc(NC(C)C)cc(N)n1. The van der Waals surface area contributed by atoms with Gasteiger partial charge in [0.15, 0.2) is 0 Å². The van der Waals surface area contributed by atoms with Gasteiger partial charge in [-0.3, -0.25) is 0 Å². The van der Waals surface area contributed by atoms with Crippen molar-refractivity contribution in [2.75, 3.05) is 11.1 Å². The molecule has 0 saturated carbocycles. The van der Waals surface area contributed by atoms with Gasteiger partial charge in [-0.05, 0) is 26.8 Å². The lowest BCUT2D eigenvalue weighted by atomic mass is 10.3. The van der Waals surface area contributed by atoms with Crippen molar-refractivity contribution in [2.24, 2.45) is 0 Å². The standard InChI is InChI=1S/C9H15N3/c1-6(2)11-8-4-7(3)12-9(10)5-8/h4-6H,1-3H3,(H3,10,11,12). The van der Waals surface area contributed by atoms with E-state index in [-0.39, 0.29) is 0 Å². The quantitative estimate of drug-likeness (QED) is 0.702. The second-order valence-electron chi connectivity index (χ2n) is 3.22. The van der Waals surface area contributed by atoms with Crippen LogP contribution >= 0.6 is 0 Å². The Morgan fingerprint density at radius 2 is 2.08 bits per heavy atom. The van der Waals surface area contributed by atoms with Crippen LogP contribution in [-0.2, 0) is 0 Å². The van der Waals surface area contributed by atoms with E-state index in [2.05, 4.69) is 24.1 Å². The Bertz CT molecular complexity index is 248. The number of aryl methyl sites for hydroxylation is 1. The van der Waals surface area contributed by atoms with Crippen molar-refractivity contribution in [3.63, 3.8) is 0 Å². The van der Waals surface area contributed by atoms with E-state index in [1.165, 1.54) is 0 Å². The van der Waals surface area contributed by atoms with Crippen LogP contribution in [0.25, 0.3) is 0 Å². The first kappa shape index (κ1) is 8.84. The van der Waals surface area contributed by atoms with E-state index in [0.717, 1.165) is 11.4 Å². The van der Waals surface area contributed by atoms with Crippen molar-refractivity contribution in [3.8, 4) is 0 Å². The molecule has 66 valence electrons. The molecule has 0 aliphatic carbocycles. The maximum Gasteiger partial charge on any atom is 0.125 e. The van der Waals surface area contributed by atoms with Gasteiger partial charge in [0.05, 0.1) is 0 Å². The number of hydrogen-bond donors (Lipinski definition) is 2. The molecule has 3 heteroatoms. The Kier molecular flexibility index (Phi) is 2.53. The van der Waals surface area contributed by atoms with Gasteiger partial charge >= 0.3 is 0 Å². The number of nitrogens with one attached hydrogen (secondary N) is 1. The van der Waals surface area contributed by atoms with Gasteiger partial charge in [0.2, 0.25) is 0 Å². The van der Waals surface area contributed by atoms with Crippen molar-refractivity contribution in [1.82, 2.24) is 4.98 Å². The number of pyridine rings is 1. The number of hydrogen-bond acceptors (Lipinski definition) is 3. The van der Waals surface area contributed by atoms with Crippen LogP contribution in [0.15, 0.2) is 12.1 Å². The van der Waals surface area contributed by atoms with E-state index >= 15 is 0 Å². The predicted octanol–water partition coefficient (Wildman–Crippen LogP) is 1.79. The van der Waals surface area contributed by atoms with Gasteiger partial charge in [-0.25, -0.2) is 4.98 Å². The summed E-state index contributed by atoms with van der Waals surface area (Å²) < 4.78 is 0. The zero-order valence-electron chi connectivity index (χ0n) is 7.76. The van der Waals surface area contributed by atoms with Crippen molar-refractivity contribution >= 4 is 11.5 Å². The fourth-order valence-electron chi connectivity index (χ4n) is 1.11. The number of anilines is 2. The first-order chi connectivity index (χ1) is 5.58. The summed E-state index contributed by atoms with van der Waals surface area (Å²) in [5.41, 5.74) is 7.56. The van der Waals surface area contributed by atoms with Crippen LogP contribution in [-0.4, -0.2) is 11.0 Å². The first-order valence-electron chi connectivity index (χ1n) is 4.08. The van der Waals surface area contributed by atoms with Gasteiger partial charge in [0, 0.05) is 23.5 Å². The van der Waals surface area contributed by atoms with Crippen molar-refractivity contribution in [3.05, 3.63) is 17.8 Å². The Balaban J connectivity index is 2.85. The Morgan fingerprint density at radius 3 is 2.58 bits per heavy atom. The molecule has 1 aromatic heterocycles. The van der Waals surface area contributed by atoms with Crippen LogP contribution in [0.5, 0.6) is 0 Å². The topological polar surface area (TPSA) is 50.9 Å². The van der Waals surface area contributed by atoms with Crippen molar-refractivity contribution in [2.45, 2.75) is 26.8 Å². The van der Waals surface area contributed by atoms with Crippen molar-refractivity contribution in [1.29, 1.82) is 0 Å². The summed E-state index contributed by atoms with van der Waals surface area (Å²) in [5.74, 6) is 0.568. The van der Waals surface area contributed by atoms with Gasteiger partial charge < -0.3 is 11.1 Å². The Labute approximate surface area is 73.0 Å². The van der Waals surface area contributed by atoms with Crippen molar-refractivity contribution < 1.29 is 0 Å². The normalized spacial score (nSPS) is 10.3. The highest BCUT2D eigenvalue weighted by Gasteiger charge is 1.97. The minimum Gasteiger partial charge on any atom is -0.384 e. The molecule has 1 aromatic rings. The average molecular weight is 165 g/mol. The summed E-state index contributed by atoms with van der Waals surface area (Å²) in [6.07, 6.45) is 0. The molecule has 0 radical (unpaired) electrons. The second kappa shape index (κ2) is 3.43. The Hall–Kier alpha value is -1.25. The number of nitrogen functional groups attached to an aromatic ring is 1. The summed E-state index contributed by atoms with van der Waals surface area (Å²) in [5, 5.41) is 3.27. The molecule has 12 heavy (non-hydrogen) atoms. The smallest absolute Gasteiger partial charge is 0.125 e. The lowest BCUT2D eigenvalue weighted by Crippen LogP contribution is -2.10. The molecule has 0 atom stereocenters. The summed E-state index contributed by atoms with van der Waals surface area (Å²) in [4.78, 5) is 4.08. The van der Waals surface area contributed by atoms with Gasteiger partial charge in [-0.2, -0.15) is 0 Å². The van der Waals surface area contributed by atoms with Gasteiger partial charge in [-0.1, -0.05) is 0 Å². The highest BCUT2D eigenvalue weighted by Crippen LogP contribution is 2.12. The third kappa shape index (κ3) is 2.42. The minimum absolute atomic E-state index is 0.422. The molecule has 1 rings (SSSR count). The molecule has 0 aromatic carbocycles. The van der Waals surface area contributed by atoms with E-state index < -0.39 is 0 Å². The fraction of sp³-hybridized carbons (Fsp3) is 0.444. The molecule has 0 aliphatic heterocycles. The predicted molar refractivity (Wildman–Crippen MR) is 52.1 cm³/mol. The molecule has 0 bridgehead atoms. The summed E-state index contributed by atoms with van der Waals surface area (Å²) in [6.45, 7) is 6.11. The molecule has 1 heterocycles. The van der Waals surface area contributed by atoms with Gasteiger partial charge in [0.1, 0.15) is 5.82 Å². The number of rotatable bonds is 2. The molecule has 3 nitrogen and oxygen atoms in total. The third-order valence-electron chi connectivity index (χ3n) is 1.43. The molecule has 0 spiro atoms. The first-order valence-corrected chi connectivity index (χ1v) is 4.08.